The highest BCUT2D eigenvalue weighted by atomic mass is 16.6. The van der Waals surface area contributed by atoms with Crippen LogP contribution in [0.1, 0.15) is 26.3 Å². The van der Waals surface area contributed by atoms with Crippen LogP contribution >= 0.6 is 0 Å². The van der Waals surface area contributed by atoms with Crippen LogP contribution in [-0.2, 0) is 25.5 Å². The molecule has 166 valence electrons. The Morgan fingerprint density at radius 1 is 0.903 bits per heavy atom. The fourth-order valence-electron chi connectivity index (χ4n) is 2.70. The zero-order valence-corrected chi connectivity index (χ0v) is 18.2. The Morgan fingerprint density at radius 2 is 1.48 bits per heavy atom. The van der Waals surface area contributed by atoms with E-state index in [2.05, 4.69) is 16.0 Å². The molecule has 0 fully saturated rings. The molecule has 0 aliphatic rings. The predicted octanol–water partition coefficient (Wildman–Crippen LogP) is 3.35. The minimum absolute atomic E-state index is 0.0456. The van der Waals surface area contributed by atoms with Crippen molar-refractivity contribution in [1.82, 2.24) is 5.32 Å². The first-order valence-electron chi connectivity index (χ1n) is 9.89. The first-order chi connectivity index (χ1) is 14.7. The average molecular weight is 428 g/mol. The molecule has 0 aliphatic heterocycles. The van der Waals surface area contributed by atoms with Crippen molar-refractivity contribution in [3.63, 3.8) is 0 Å². The number of nitrogens with one attached hydrogen (secondary N) is 3. The van der Waals surface area contributed by atoms with Crippen LogP contribution in [0.15, 0.2) is 54.6 Å². The zero-order chi connectivity index (χ0) is 22.9. The first-order valence-corrected chi connectivity index (χ1v) is 9.89. The van der Waals surface area contributed by atoms with Gasteiger partial charge in [0, 0.05) is 24.9 Å². The third-order valence-electron chi connectivity index (χ3n) is 4.00. The molecule has 3 N–H and O–H groups in total. The van der Waals surface area contributed by atoms with E-state index >= 15 is 0 Å². The van der Waals surface area contributed by atoms with Crippen molar-refractivity contribution >= 4 is 29.3 Å². The van der Waals surface area contributed by atoms with Crippen molar-refractivity contribution in [2.75, 3.05) is 24.4 Å². The molecule has 0 bridgehead atoms. The molecule has 0 radical (unpaired) electrons. The van der Waals surface area contributed by atoms with E-state index in [0.717, 1.165) is 5.56 Å². The van der Waals surface area contributed by atoms with Gasteiger partial charge in [0.2, 0.25) is 11.8 Å². The molecule has 0 aromatic heterocycles. The number of methoxy groups -OCH3 is 1. The molecule has 2 rings (SSSR count). The lowest BCUT2D eigenvalue weighted by atomic mass is 10.1. The topological polar surface area (TPSA) is 106 Å². The molecule has 31 heavy (non-hydrogen) atoms. The normalized spacial score (nSPS) is 11.9. The summed E-state index contributed by atoms with van der Waals surface area (Å²) in [4.78, 5) is 36.7. The number of alkyl carbamates (subject to hydrolysis) is 1. The first kappa shape index (κ1) is 23.9. The second-order valence-corrected chi connectivity index (χ2v) is 7.94. The highest BCUT2D eigenvalue weighted by molar-refractivity contribution is 5.97. The maximum absolute atomic E-state index is 12.9. The van der Waals surface area contributed by atoms with Gasteiger partial charge >= 0.3 is 6.09 Å². The van der Waals surface area contributed by atoms with Crippen molar-refractivity contribution < 1.29 is 23.9 Å². The van der Waals surface area contributed by atoms with Gasteiger partial charge in [-0.1, -0.05) is 30.3 Å². The van der Waals surface area contributed by atoms with Crippen LogP contribution in [0.3, 0.4) is 0 Å². The van der Waals surface area contributed by atoms with E-state index in [-0.39, 0.29) is 18.4 Å². The summed E-state index contributed by atoms with van der Waals surface area (Å²) in [5.74, 6) is -0.658. The monoisotopic (exact) mass is 427 g/mol. The summed E-state index contributed by atoms with van der Waals surface area (Å²) in [6.07, 6.45) is -0.364. The third kappa shape index (κ3) is 8.88. The molecule has 0 spiro atoms. The Kier molecular flexibility index (Phi) is 8.57. The number of hydrogen-bond acceptors (Lipinski definition) is 5. The largest absolute Gasteiger partial charge is 0.444 e. The minimum Gasteiger partial charge on any atom is -0.444 e. The van der Waals surface area contributed by atoms with Gasteiger partial charge in [-0.15, -0.1) is 0 Å². The standard InChI is InChI=1S/C23H29N3O5/c1-23(2,3)31-22(29)26-19(14-16-8-6-5-7-9-16)21(28)25-18-12-10-17(11-13-18)24-20(27)15-30-4/h5-13,19H,14-15H2,1-4H3,(H,24,27)(H,25,28)(H,26,29). The highest BCUT2D eigenvalue weighted by Crippen LogP contribution is 2.15. The van der Waals surface area contributed by atoms with E-state index in [1.165, 1.54) is 7.11 Å². The number of ether oxygens (including phenoxy) is 2. The Hall–Kier alpha value is -3.39. The summed E-state index contributed by atoms with van der Waals surface area (Å²) in [5, 5.41) is 8.12. The molecule has 0 heterocycles. The zero-order valence-electron chi connectivity index (χ0n) is 18.2. The SMILES string of the molecule is COCC(=O)Nc1ccc(NC(=O)C(Cc2ccccc2)NC(=O)OC(C)(C)C)cc1. The van der Waals surface area contributed by atoms with Crippen LogP contribution < -0.4 is 16.0 Å². The fourth-order valence-corrected chi connectivity index (χ4v) is 2.70. The van der Waals surface area contributed by atoms with Gasteiger partial charge in [-0.3, -0.25) is 9.59 Å². The third-order valence-corrected chi connectivity index (χ3v) is 4.00. The Bertz CT molecular complexity index is 876. The molecule has 8 nitrogen and oxygen atoms in total. The lowest BCUT2D eigenvalue weighted by Crippen LogP contribution is -2.47. The maximum Gasteiger partial charge on any atom is 0.408 e. The van der Waals surface area contributed by atoms with E-state index in [1.807, 2.05) is 30.3 Å². The molecule has 0 saturated heterocycles. The van der Waals surface area contributed by atoms with E-state index in [1.54, 1.807) is 45.0 Å². The number of benzene rings is 2. The van der Waals surface area contributed by atoms with Gasteiger partial charge in [0.05, 0.1) is 0 Å². The number of anilines is 2. The molecule has 8 heteroatoms. The molecule has 2 aromatic rings. The molecule has 0 saturated carbocycles. The molecular formula is C23H29N3O5. The summed E-state index contributed by atoms with van der Waals surface area (Å²) in [6, 6.07) is 15.2. The molecule has 0 aliphatic carbocycles. The fraction of sp³-hybridized carbons (Fsp3) is 0.348. The van der Waals surface area contributed by atoms with Crippen molar-refractivity contribution in [2.24, 2.45) is 0 Å². The van der Waals surface area contributed by atoms with Crippen LogP contribution in [0, 0.1) is 0 Å². The molecule has 3 amide bonds. The van der Waals surface area contributed by atoms with Gasteiger partial charge in [0.15, 0.2) is 0 Å². The summed E-state index contributed by atoms with van der Waals surface area (Å²) < 4.78 is 10.1. The van der Waals surface area contributed by atoms with Gasteiger partial charge in [-0.25, -0.2) is 4.79 Å². The minimum atomic E-state index is -0.835. The van der Waals surface area contributed by atoms with Gasteiger partial charge in [-0.05, 0) is 50.6 Å². The lowest BCUT2D eigenvalue weighted by Gasteiger charge is -2.23. The number of carbonyl (C=O) groups is 3. The van der Waals surface area contributed by atoms with Crippen molar-refractivity contribution in [3.05, 3.63) is 60.2 Å². The van der Waals surface area contributed by atoms with Gasteiger partial charge in [0.25, 0.3) is 0 Å². The predicted molar refractivity (Wildman–Crippen MR) is 119 cm³/mol. The van der Waals surface area contributed by atoms with E-state index < -0.39 is 17.7 Å². The number of amides is 3. The lowest BCUT2D eigenvalue weighted by molar-refractivity contribution is -0.120. The Morgan fingerprint density at radius 3 is 2.03 bits per heavy atom. The highest BCUT2D eigenvalue weighted by Gasteiger charge is 2.25. The Balaban J connectivity index is 2.07. The average Bonchev–Trinajstić information content (AvgIpc) is 2.68. The molecule has 1 unspecified atom stereocenters. The van der Waals surface area contributed by atoms with Crippen LogP contribution in [0.25, 0.3) is 0 Å². The number of rotatable bonds is 8. The number of carbonyl (C=O) groups excluding carboxylic acids is 3. The van der Waals surface area contributed by atoms with Gasteiger partial charge < -0.3 is 25.4 Å². The second-order valence-electron chi connectivity index (χ2n) is 7.94. The van der Waals surface area contributed by atoms with Crippen LogP contribution in [-0.4, -0.2) is 43.3 Å². The van der Waals surface area contributed by atoms with Crippen LogP contribution in [0.2, 0.25) is 0 Å². The van der Waals surface area contributed by atoms with Crippen LogP contribution in [0.5, 0.6) is 0 Å². The van der Waals surface area contributed by atoms with Crippen molar-refractivity contribution in [2.45, 2.75) is 38.8 Å². The summed E-state index contributed by atoms with van der Waals surface area (Å²) in [6.45, 7) is 5.22. The summed E-state index contributed by atoms with van der Waals surface area (Å²) in [7, 11) is 1.44. The summed E-state index contributed by atoms with van der Waals surface area (Å²) in [5.41, 5.74) is 1.32. The smallest absolute Gasteiger partial charge is 0.408 e. The molecular weight excluding hydrogens is 398 g/mol. The van der Waals surface area contributed by atoms with Crippen molar-refractivity contribution in [1.29, 1.82) is 0 Å². The molecule has 1 atom stereocenters. The maximum atomic E-state index is 12.9. The summed E-state index contributed by atoms with van der Waals surface area (Å²) >= 11 is 0. The quantitative estimate of drug-likeness (QED) is 0.599. The van der Waals surface area contributed by atoms with Crippen molar-refractivity contribution in [3.8, 4) is 0 Å². The van der Waals surface area contributed by atoms with E-state index in [9.17, 15) is 14.4 Å². The second kappa shape index (κ2) is 11.1. The molecule has 2 aromatic carbocycles. The van der Waals surface area contributed by atoms with Gasteiger partial charge in [0.1, 0.15) is 18.2 Å². The van der Waals surface area contributed by atoms with Gasteiger partial charge in [-0.2, -0.15) is 0 Å². The Labute approximate surface area is 182 Å². The van der Waals surface area contributed by atoms with Crippen LogP contribution in [0.4, 0.5) is 16.2 Å². The van der Waals surface area contributed by atoms with E-state index in [4.69, 9.17) is 9.47 Å². The number of hydrogen-bond donors (Lipinski definition) is 3. The van der Waals surface area contributed by atoms with E-state index in [0.29, 0.717) is 17.8 Å².